The first-order valence-electron chi connectivity index (χ1n) is 3.53. The van der Waals surface area contributed by atoms with Crippen LogP contribution >= 0.6 is 0 Å². The molecule has 0 aliphatic heterocycles. The summed E-state index contributed by atoms with van der Waals surface area (Å²) in [5, 5.41) is 17.4. The van der Waals surface area contributed by atoms with Gasteiger partial charge in [-0.2, -0.15) is 0 Å². The van der Waals surface area contributed by atoms with E-state index in [4.69, 9.17) is 10.2 Å². The van der Waals surface area contributed by atoms with E-state index in [1.165, 1.54) is 0 Å². The normalized spacial score (nSPS) is 10.0. The molecule has 0 atom stereocenters. The van der Waals surface area contributed by atoms with Gasteiger partial charge >= 0.3 is 0 Å². The Balaban J connectivity index is 2.83. The fourth-order valence-electron chi connectivity index (χ4n) is 0.946. The van der Waals surface area contributed by atoms with E-state index in [-0.39, 0.29) is 13.2 Å². The zero-order valence-electron chi connectivity index (χ0n) is 6.20. The van der Waals surface area contributed by atoms with Gasteiger partial charge in [-0.05, 0) is 11.6 Å². The smallest absolute Gasteiger partial charge is 0.0699 e. The molecule has 1 heterocycles. The first kappa shape index (κ1) is 8.17. The number of hydrogen-bond donors (Lipinski definition) is 2. The average Bonchev–Trinajstić information content (AvgIpc) is 2.06. The first-order valence-corrected chi connectivity index (χ1v) is 3.53. The summed E-state index contributed by atoms with van der Waals surface area (Å²) in [5.41, 5.74) is 1.57. The fourth-order valence-corrected chi connectivity index (χ4v) is 0.946. The van der Waals surface area contributed by atoms with Gasteiger partial charge in [0.2, 0.25) is 0 Å². The second-order valence-corrected chi connectivity index (χ2v) is 2.24. The lowest BCUT2D eigenvalue weighted by molar-refractivity contribution is 0.274. The van der Waals surface area contributed by atoms with Crippen molar-refractivity contribution in [1.29, 1.82) is 0 Å². The van der Waals surface area contributed by atoms with E-state index in [0.717, 1.165) is 11.3 Å². The predicted octanol–water partition coefficient (Wildman–Crippen LogP) is 0.109. The topological polar surface area (TPSA) is 53.4 Å². The Morgan fingerprint density at radius 3 is 2.82 bits per heavy atom. The summed E-state index contributed by atoms with van der Waals surface area (Å²) in [7, 11) is 0. The maximum Gasteiger partial charge on any atom is 0.0699 e. The van der Waals surface area contributed by atoms with Crippen molar-refractivity contribution >= 4 is 0 Å². The number of rotatable bonds is 3. The summed E-state index contributed by atoms with van der Waals surface area (Å²) in [6, 6.07) is 3.57. The van der Waals surface area contributed by atoms with E-state index in [0.29, 0.717) is 6.42 Å². The third kappa shape index (κ3) is 2.00. The molecule has 0 saturated carbocycles. The van der Waals surface area contributed by atoms with Gasteiger partial charge in [-0.3, -0.25) is 4.98 Å². The monoisotopic (exact) mass is 153 g/mol. The van der Waals surface area contributed by atoms with Crippen molar-refractivity contribution in [1.82, 2.24) is 4.98 Å². The van der Waals surface area contributed by atoms with Crippen LogP contribution < -0.4 is 0 Å². The van der Waals surface area contributed by atoms with Gasteiger partial charge in [-0.15, -0.1) is 0 Å². The van der Waals surface area contributed by atoms with Crippen LogP contribution in [0.25, 0.3) is 0 Å². The largest absolute Gasteiger partial charge is 0.396 e. The van der Waals surface area contributed by atoms with Crippen LogP contribution in [0.15, 0.2) is 18.3 Å². The van der Waals surface area contributed by atoms with E-state index < -0.39 is 0 Å². The van der Waals surface area contributed by atoms with Crippen molar-refractivity contribution in [3.63, 3.8) is 0 Å². The molecule has 60 valence electrons. The van der Waals surface area contributed by atoms with Crippen LogP contribution in [-0.2, 0) is 13.0 Å². The van der Waals surface area contributed by atoms with E-state index in [9.17, 15) is 0 Å². The Morgan fingerprint density at radius 2 is 2.18 bits per heavy atom. The Labute approximate surface area is 65.3 Å². The molecule has 3 nitrogen and oxygen atoms in total. The molecule has 0 aliphatic rings. The van der Waals surface area contributed by atoms with Crippen molar-refractivity contribution in [2.24, 2.45) is 0 Å². The van der Waals surface area contributed by atoms with Gasteiger partial charge in [-0.1, -0.05) is 6.07 Å². The third-order valence-corrected chi connectivity index (χ3v) is 1.50. The second-order valence-electron chi connectivity index (χ2n) is 2.24. The summed E-state index contributed by atoms with van der Waals surface area (Å²) >= 11 is 0. The maximum absolute atomic E-state index is 8.82. The third-order valence-electron chi connectivity index (χ3n) is 1.50. The van der Waals surface area contributed by atoms with Gasteiger partial charge in [-0.25, -0.2) is 0 Å². The van der Waals surface area contributed by atoms with Crippen LogP contribution in [0.2, 0.25) is 0 Å². The second kappa shape index (κ2) is 4.05. The Kier molecular flexibility index (Phi) is 3.01. The average molecular weight is 153 g/mol. The lowest BCUT2D eigenvalue weighted by atomic mass is 10.1. The highest BCUT2D eigenvalue weighted by Gasteiger charge is 1.99. The molecule has 0 amide bonds. The minimum atomic E-state index is -0.0107. The summed E-state index contributed by atoms with van der Waals surface area (Å²) in [6.45, 7) is 0.0627. The van der Waals surface area contributed by atoms with Crippen molar-refractivity contribution < 1.29 is 10.2 Å². The van der Waals surface area contributed by atoms with Crippen molar-refractivity contribution in [2.75, 3.05) is 6.61 Å². The Hall–Kier alpha value is -0.930. The van der Waals surface area contributed by atoms with Crippen LogP contribution in [-0.4, -0.2) is 21.8 Å². The predicted molar refractivity (Wildman–Crippen MR) is 40.9 cm³/mol. The SMILES string of the molecule is OCCc1ncccc1CO. The first-order chi connectivity index (χ1) is 5.38. The fraction of sp³-hybridized carbons (Fsp3) is 0.375. The van der Waals surface area contributed by atoms with Crippen LogP contribution in [0.3, 0.4) is 0 Å². The minimum absolute atomic E-state index is 0.0107. The standard InChI is InChI=1S/C8H11NO2/c10-5-3-8-7(6-11)2-1-4-9-8/h1-2,4,10-11H,3,5-6H2. The molecule has 1 aromatic heterocycles. The molecule has 0 radical (unpaired) electrons. The molecule has 11 heavy (non-hydrogen) atoms. The quantitative estimate of drug-likeness (QED) is 0.648. The molecular formula is C8H11NO2. The van der Waals surface area contributed by atoms with Gasteiger partial charge in [0, 0.05) is 24.9 Å². The van der Waals surface area contributed by atoms with Gasteiger partial charge in [0.05, 0.1) is 6.61 Å². The Morgan fingerprint density at radius 1 is 1.36 bits per heavy atom. The maximum atomic E-state index is 8.82. The van der Waals surface area contributed by atoms with E-state index in [1.54, 1.807) is 18.3 Å². The van der Waals surface area contributed by atoms with Gasteiger partial charge in [0.25, 0.3) is 0 Å². The molecule has 1 rings (SSSR count). The molecule has 2 N–H and O–H groups in total. The molecular weight excluding hydrogens is 142 g/mol. The van der Waals surface area contributed by atoms with Crippen LogP contribution in [0.1, 0.15) is 11.3 Å². The van der Waals surface area contributed by atoms with Crippen molar-refractivity contribution in [3.8, 4) is 0 Å². The van der Waals surface area contributed by atoms with Crippen molar-refractivity contribution in [2.45, 2.75) is 13.0 Å². The number of nitrogens with zero attached hydrogens (tertiary/aromatic N) is 1. The molecule has 1 aromatic rings. The molecule has 0 spiro atoms. The van der Waals surface area contributed by atoms with Crippen LogP contribution in [0, 0.1) is 0 Å². The summed E-state index contributed by atoms with van der Waals surface area (Å²) in [5.74, 6) is 0. The number of pyridine rings is 1. The molecule has 3 heteroatoms. The number of aliphatic hydroxyl groups excluding tert-OH is 2. The molecule has 0 aliphatic carbocycles. The highest BCUT2D eigenvalue weighted by molar-refractivity contribution is 5.18. The van der Waals surface area contributed by atoms with Gasteiger partial charge in [0.15, 0.2) is 0 Å². The van der Waals surface area contributed by atoms with Crippen LogP contribution in [0.4, 0.5) is 0 Å². The molecule has 0 bridgehead atoms. The number of aromatic nitrogens is 1. The number of hydrogen-bond acceptors (Lipinski definition) is 3. The highest BCUT2D eigenvalue weighted by Crippen LogP contribution is 2.04. The van der Waals surface area contributed by atoms with Crippen molar-refractivity contribution in [3.05, 3.63) is 29.6 Å². The Bertz CT molecular complexity index is 225. The summed E-state index contributed by atoms with van der Waals surface area (Å²) in [4.78, 5) is 4.02. The lowest BCUT2D eigenvalue weighted by Gasteiger charge is -2.02. The zero-order valence-corrected chi connectivity index (χ0v) is 6.20. The van der Waals surface area contributed by atoms with E-state index in [2.05, 4.69) is 4.98 Å². The highest BCUT2D eigenvalue weighted by atomic mass is 16.3. The molecule has 0 fully saturated rings. The number of aliphatic hydroxyl groups is 2. The van der Waals surface area contributed by atoms with Crippen LogP contribution in [0.5, 0.6) is 0 Å². The van der Waals surface area contributed by atoms with E-state index >= 15 is 0 Å². The molecule has 0 aromatic carbocycles. The molecule has 0 saturated heterocycles. The summed E-state index contributed by atoms with van der Waals surface area (Å²) in [6.07, 6.45) is 2.17. The van der Waals surface area contributed by atoms with E-state index in [1.807, 2.05) is 0 Å². The zero-order chi connectivity index (χ0) is 8.10. The lowest BCUT2D eigenvalue weighted by Crippen LogP contribution is -1.99. The summed E-state index contributed by atoms with van der Waals surface area (Å²) < 4.78 is 0. The minimum Gasteiger partial charge on any atom is -0.396 e. The van der Waals surface area contributed by atoms with Gasteiger partial charge in [0.1, 0.15) is 0 Å². The molecule has 0 unspecified atom stereocenters. The van der Waals surface area contributed by atoms with Gasteiger partial charge < -0.3 is 10.2 Å².